The fourth-order valence-electron chi connectivity index (χ4n) is 1.74. The van der Waals surface area contributed by atoms with Crippen molar-refractivity contribution in [3.63, 3.8) is 0 Å². The zero-order chi connectivity index (χ0) is 13.0. The molecule has 94 valence electrons. The Morgan fingerprint density at radius 1 is 1.22 bits per heavy atom. The number of nitrogens with zero attached hydrogens (tertiary/aromatic N) is 1. The fourth-order valence-corrected chi connectivity index (χ4v) is 1.74. The first kappa shape index (κ1) is 12.2. The van der Waals surface area contributed by atoms with Crippen molar-refractivity contribution >= 4 is 11.5 Å². The summed E-state index contributed by atoms with van der Waals surface area (Å²) < 4.78 is 5.26. The summed E-state index contributed by atoms with van der Waals surface area (Å²) in [5, 5.41) is 3.32. The highest BCUT2D eigenvalue weighted by molar-refractivity contribution is 5.51. The Balaban J connectivity index is 2.15. The molecule has 1 heterocycles. The topological polar surface area (TPSA) is 60.2 Å². The van der Waals surface area contributed by atoms with Crippen molar-refractivity contribution < 1.29 is 4.74 Å². The predicted octanol–water partition coefficient (Wildman–Crippen LogP) is 2.85. The number of anilines is 2. The minimum absolute atomic E-state index is 0.134. The molecule has 1 atom stereocenters. The first-order valence-corrected chi connectivity index (χ1v) is 5.81. The van der Waals surface area contributed by atoms with Crippen molar-refractivity contribution in [3.05, 3.63) is 48.2 Å². The van der Waals surface area contributed by atoms with Gasteiger partial charge in [-0.25, -0.2) is 4.98 Å². The summed E-state index contributed by atoms with van der Waals surface area (Å²) in [5.74, 6) is 1.48. The highest BCUT2D eigenvalue weighted by atomic mass is 16.5. The number of methoxy groups -OCH3 is 1. The minimum Gasteiger partial charge on any atom is -0.493 e. The van der Waals surface area contributed by atoms with Crippen molar-refractivity contribution in [3.8, 4) is 5.75 Å². The van der Waals surface area contributed by atoms with Crippen LogP contribution in [0.2, 0.25) is 0 Å². The molecule has 0 aliphatic rings. The van der Waals surface area contributed by atoms with Crippen LogP contribution in [0.5, 0.6) is 5.75 Å². The van der Waals surface area contributed by atoms with Crippen LogP contribution >= 0.6 is 0 Å². The summed E-state index contributed by atoms with van der Waals surface area (Å²) >= 11 is 0. The van der Waals surface area contributed by atoms with E-state index in [0.717, 1.165) is 22.8 Å². The standard InChI is InChI=1S/C14H17N3O/c1-10(11-5-7-12(15)8-6-11)17-14-13(18-2)4-3-9-16-14/h3-10H,15H2,1-2H3,(H,16,17). The second-order valence-corrected chi connectivity index (χ2v) is 4.09. The van der Waals surface area contributed by atoms with E-state index >= 15 is 0 Å². The summed E-state index contributed by atoms with van der Waals surface area (Å²) in [7, 11) is 1.63. The number of pyridine rings is 1. The lowest BCUT2D eigenvalue weighted by Crippen LogP contribution is -2.09. The van der Waals surface area contributed by atoms with Gasteiger partial charge in [-0.1, -0.05) is 12.1 Å². The third-order valence-corrected chi connectivity index (χ3v) is 2.78. The number of hydrogen-bond acceptors (Lipinski definition) is 4. The molecular weight excluding hydrogens is 226 g/mol. The van der Waals surface area contributed by atoms with Crippen molar-refractivity contribution in [2.24, 2.45) is 0 Å². The van der Waals surface area contributed by atoms with Gasteiger partial charge in [0, 0.05) is 11.9 Å². The number of ether oxygens (including phenoxy) is 1. The second kappa shape index (κ2) is 5.40. The number of nitrogens with two attached hydrogens (primary N) is 1. The average molecular weight is 243 g/mol. The maximum atomic E-state index is 5.67. The summed E-state index contributed by atoms with van der Waals surface area (Å²) in [6.07, 6.45) is 1.74. The van der Waals surface area contributed by atoms with Crippen LogP contribution in [0.4, 0.5) is 11.5 Å². The number of hydrogen-bond donors (Lipinski definition) is 2. The van der Waals surface area contributed by atoms with Gasteiger partial charge in [0.1, 0.15) is 0 Å². The van der Waals surface area contributed by atoms with E-state index in [1.807, 2.05) is 36.4 Å². The summed E-state index contributed by atoms with van der Waals surface area (Å²) in [5.41, 5.74) is 7.59. The van der Waals surface area contributed by atoms with Gasteiger partial charge in [0.05, 0.1) is 13.2 Å². The molecule has 0 saturated heterocycles. The molecule has 18 heavy (non-hydrogen) atoms. The van der Waals surface area contributed by atoms with Crippen molar-refractivity contribution in [1.29, 1.82) is 0 Å². The molecule has 0 saturated carbocycles. The number of nitrogens with one attached hydrogen (secondary N) is 1. The van der Waals surface area contributed by atoms with Crippen LogP contribution in [0.15, 0.2) is 42.6 Å². The van der Waals surface area contributed by atoms with Gasteiger partial charge >= 0.3 is 0 Å². The van der Waals surface area contributed by atoms with Gasteiger partial charge in [-0.15, -0.1) is 0 Å². The zero-order valence-electron chi connectivity index (χ0n) is 10.6. The lowest BCUT2D eigenvalue weighted by Gasteiger charge is -2.16. The largest absolute Gasteiger partial charge is 0.493 e. The molecular formula is C14H17N3O. The normalized spacial score (nSPS) is 11.9. The highest BCUT2D eigenvalue weighted by Gasteiger charge is 2.09. The van der Waals surface area contributed by atoms with Gasteiger partial charge in [-0.2, -0.15) is 0 Å². The molecule has 0 amide bonds. The molecule has 2 aromatic rings. The molecule has 4 heteroatoms. The minimum atomic E-state index is 0.134. The number of rotatable bonds is 4. The zero-order valence-corrected chi connectivity index (χ0v) is 10.6. The molecule has 3 N–H and O–H groups in total. The first-order chi connectivity index (χ1) is 8.70. The molecule has 0 radical (unpaired) electrons. The number of nitrogen functional groups attached to an aromatic ring is 1. The molecule has 2 rings (SSSR count). The fraction of sp³-hybridized carbons (Fsp3) is 0.214. The van der Waals surface area contributed by atoms with E-state index in [0.29, 0.717) is 0 Å². The Bertz CT molecular complexity index is 511. The SMILES string of the molecule is COc1cccnc1NC(C)c1ccc(N)cc1. The Kier molecular flexibility index (Phi) is 3.67. The summed E-state index contributed by atoms with van der Waals surface area (Å²) in [4.78, 5) is 4.27. The number of benzene rings is 1. The lowest BCUT2D eigenvalue weighted by molar-refractivity contribution is 0.414. The van der Waals surface area contributed by atoms with Crippen molar-refractivity contribution in [1.82, 2.24) is 4.98 Å². The van der Waals surface area contributed by atoms with Gasteiger partial charge in [0.15, 0.2) is 11.6 Å². The average Bonchev–Trinajstić information content (AvgIpc) is 2.40. The maximum Gasteiger partial charge on any atom is 0.169 e. The third-order valence-electron chi connectivity index (χ3n) is 2.78. The van der Waals surface area contributed by atoms with E-state index in [4.69, 9.17) is 10.5 Å². The molecule has 0 bridgehead atoms. The van der Waals surface area contributed by atoms with Crippen LogP contribution in [0.1, 0.15) is 18.5 Å². The molecule has 4 nitrogen and oxygen atoms in total. The van der Waals surface area contributed by atoms with Crippen LogP contribution in [0.3, 0.4) is 0 Å². The molecule has 0 spiro atoms. The molecule has 0 fully saturated rings. The Morgan fingerprint density at radius 2 is 1.94 bits per heavy atom. The van der Waals surface area contributed by atoms with Gasteiger partial charge in [0.2, 0.25) is 0 Å². The quantitative estimate of drug-likeness (QED) is 0.811. The molecule has 1 unspecified atom stereocenters. The van der Waals surface area contributed by atoms with Crippen LogP contribution < -0.4 is 15.8 Å². The van der Waals surface area contributed by atoms with E-state index < -0.39 is 0 Å². The van der Waals surface area contributed by atoms with Gasteiger partial charge < -0.3 is 15.8 Å². The van der Waals surface area contributed by atoms with Gasteiger partial charge in [0.25, 0.3) is 0 Å². The van der Waals surface area contributed by atoms with E-state index in [9.17, 15) is 0 Å². The molecule has 1 aromatic heterocycles. The van der Waals surface area contributed by atoms with E-state index in [-0.39, 0.29) is 6.04 Å². The van der Waals surface area contributed by atoms with Crippen LogP contribution in [-0.2, 0) is 0 Å². The summed E-state index contributed by atoms with van der Waals surface area (Å²) in [6.45, 7) is 2.07. The molecule has 0 aliphatic heterocycles. The van der Waals surface area contributed by atoms with E-state index in [1.165, 1.54) is 0 Å². The summed E-state index contributed by atoms with van der Waals surface area (Å²) in [6, 6.07) is 11.6. The third kappa shape index (κ3) is 2.71. The monoisotopic (exact) mass is 243 g/mol. The Labute approximate surface area is 107 Å². The number of aromatic nitrogens is 1. The second-order valence-electron chi connectivity index (χ2n) is 4.09. The highest BCUT2D eigenvalue weighted by Crippen LogP contribution is 2.25. The first-order valence-electron chi connectivity index (χ1n) is 5.81. The van der Waals surface area contributed by atoms with Gasteiger partial charge in [-0.3, -0.25) is 0 Å². The van der Waals surface area contributed by atoms with E-state index in [2.05, 4.69) is 17.2 Å². The smallest absolute Gasteiger partial charge is 0.169 e. The van der Waals surface area contributed by atoms with E-state index in [1.54, 1.807) is 13.3 Å². The Hall–Kier alpha value is -2.23. The van der Waals surface area contributed by atoms with Crippen LogP contribution in [0, 0.1) is 0 Å². The maximum absolute atomic E-state index is 5.67. The molecule has 0 aliphatic carbocycles. The van der Waals surface area contributed by atoms with Crippen molar-refractivity contribution in [2.75, 3.05) is 18.2 Å². The van der Waals surface area contributed by atoms with Crippen LogP contribution in [-0.4, -0.2) is 12.1 Å². The lowest BCUT2D eigenvalue weighted by atomic mass is 10.1. The molecule has 1 aromatic carbocycles. The predicted molar refractivity (Wildman–Crippen MR) is 73.7 cm³/mol. The van der Waals surface area contributed by atoms with Crippen molar-refractivity contribution in [2.45, 2.75) is 13.0 Å². The Morgan fingerprint density at radius 3 is 2.61 bits per heavy atom. The van der Waals surface area contributed by atoms with Crippen LogP contribution in [0.25, 0.3) is 0 Å². The van der Waals surface area contributed by atoms with Gasteiger partial charge in [-0.05, 0) is 36.8 Å².